The quantitative estimate of drug-likeness (QED) is 0.725. The van der Waals surface area contributed by atoms with Crippen molar-refractivity contribution in [2.45, 2.75) is 13.3 Å². The molecule has 0 bridgehead atoms. The predicted molar refractivity (Wildman–Crippen MR) is 102 cm³/mol. The Kier molecular flexibility index (Phi) is 5.14. The van der Waals surface area contributed by atoms with Crippen LogP contribution in [0.5, 0.6) is 5.75 Å². The summed E-state index contributed by atoms with van der Waals surface area (Å²) in [5.74, 6) is 0.750. The zero-order chi connectivity index (χ0) is 17.6. The SMILES string of the molecule is COc1ccc(CC(=O)Nc2ccc(C)cc2-c2ccccc2)cc1. The van der Waals surface area contributed by atoms with Crippen LogP contribution in [0.15, 0.2) is 72.8 Å². The Balaban J connectivity index is 1.79. The molecule has 0 saturated carbocycles. The summed E-state index contributed by atoms with van der Waals surface area (Å²) in [4.78, 5) is 12.5. The largest absolute Gasteiger partial charge is 0.497 e. The van der Waals surface area contributed by atoms with E-state index in [-0.39, 0.29) is 5.91 Å². The van der Waals surface area contributed by atoms with E-state index >= 15 is 0 Å². The zero-order valence-electron chi connectivity index (χ0n) is 14.5. The van der Waals surface area contributed by atoms with E-state index in [4.69, 9.17) is 4.74 Å². The van der Waals surface area contributed by atoms with E-state index < -0.39 is 0 Å². The van der Waals surface area contributed by atoms with Crippen molar-refractivity contribution in [3.8, 4) is 16.9 Å². The number of aryl methyl sites for hydroxylation is 1. The number of nitrogens with one attached hydrogen (secondary N) is 1. The highest BCUT2D eigenvalue weighted by molar-refractivity contribution is 5.96. The van der Waals surface area contributed by atoms with Gasteiger partial charge in [-0.15, -0.1) is 0 Å². The molecule has 0 radical (unpaired) electrons. The number of carbonyl (C=O) groups is 1. The standard InChI is InChI=1S/C22H21NO2/c1-16-8-13-21(20(14-16)18-6-4-3-5-7-18)23-22(24)15-17-9-11-19(25-2)12-10-17/h3-14H,15H2,1-2H3,(H,23,24). The lowest BCUT2D eigenvalue weighted by molar-refractivity contribution is -0.115. The third-order valence-electron chi connectivity index (χ3n) is 4.06. The van der Waals surface area contributed by atoms with Gasteiger partial charge in [-0.05, 0) is 42.3 Å². The van der Waals surface area contributed by atoms with Crippen LogP contribution in [0.4, 0.5) is 5.69 Å². The maximum absolute atomic E-state index is 12.5. The highest BCUT2D eigenvalue weighted by Crippen LogP contribution is 2.29. The first kappa shape index (κ1) is 16.8. The summed E-state index contributed by atoms with van der Waals surface area (Å²) in [6.45, 7) is 2.05. The van der Waals surface area contributed by atoms with E-state index in [1.54, 1.807) is 7.11 Å². The van der Waals surface area contributed by atoms with Gasteiger partial charge in [0.2, 0.25) is 5.91 Å². The van der Waals surface area contributed by atoms with Crippen LogP contribution in [0.25, 0.3) is 11.1 Å². The van der Waals surface area contributed by atoms with Crippen molar-refractivity contribution in [3.05, 3.63) is 83.9 Å². The smallest absolute Gasteiger partial charge is 0.228 e. The number of ether oxygens (including phenoxy) is 1. The summed E-state index contributed by atoms with van der Waals surface area (Å²) in [5.41, 5.74) is 5.06. The molecule has 0 spiro atoms. The van der Waals surface area contributed by atoms with Crippen molar-refractivity contribution >= 4 is 11.6 Å². The Bertz CT molecular complexity index is 855. The molecule has 0 aliphatic heterocycles. The maximum atomic E-state index is 12.5. The number of carbonyl (C=O) groups excluding carboxylic acids is 1. The number of hydrogen-bond acceptors (Lipinski definition) is 2. The monoisotopic (exact) mass is 331 g/mol. The molecule has 0 atom stereocenters. The number of hydrogen-bond donors (Lipinski definition) is 1. The molecule has 0 fully saturated rings. The molecule has 1 N–H and O–H groups in total. The van der Waals surface area contributed by atoms with Crippen molar-refractivity contribution in [2.75, 3.05) is 12.4 Å². The average molecular weight is 331 g/mol. The lowest BCUT2D eigenvalue weighted by atomic mass is 10.0. The second-order valence-electron chi connectivity index (χ2n) is 5.99. The Morgan fingerprint density at radius 2 is 1.68 bits per heavy atom. The topological polar surface area (TPSA) is 38.3 Å². The second-order valence-corrected chi connectivity index (χ2v) is 5.99. The summed E-state index contributed by atoms with van der Waals surface area (Å²) < 4.78 is 5.15. The van der Waals surface area contributed by atoms with Gasteiger partial charge in [-0.2, -0.15) is 0 Å². The Morgan fingerprint density at radius 1 is 0.960 bits per heavy atom. The van der Waals surface area contributed by atoms with Gasteiger partial charge < -0.3 is 10.1 Å². The van der Waals surface area contributed by atoms with E-state index in [9.17, 15) is 4.79 Å². The van der Waals surface area contributed by atoms with Crippen LogP contribution >= 0.6 is 0 Å². The summed E-state index contributed by atoms with van der Waals surface area (Å²) in [6, 6.07) is 23.7. The normalized spacial score (nSPS) is 10.3. The maximum Gasteiger partial charge on any atom is 0.228 e. The fraction of sp³-hybridized carbons (Fsp3) is 0.136. The van der Waals surface area contributed by atoms with Crippen LogP contribution in [0.2, 0.25) is 0 Å². The van der Waals surface area contributed by atoms with Gasteiger partial charge in [-0.3, -0.25) is 4.79 Å². The molecule has 1 amide bonds. The molecule has 3 aromatic rings. The molecule has 3 heteroatoms. The summed E-state index contributed by atoms with van der Waals surface area (Å²) in [5, 5.41) is 3.04. The van der Waals surface area contributed by atoms with Crippen molar-refractivity contribution in [1.29, 1.82) is 0 Å². The Morgan fingerprint density at radius 3 is 2.36 bits per heavy atom. The second kappa shape index (κ2) is 7.67. The molecule has 0 aliphatic carbocycles. The first-order valence-corrected chi connectivity index (χ1v) is 8.24. The zero-order valence-corrected chi connectivity index (χ0v) is 14.5. The van der Waals surface area contributed by atoms with E-state index in [1.165, 1.54) is 0 Å². The highest BCUT2D eigenvalue weighted by atomic mass is 16.5. The van der Waals surface area contributed by atoms with Crippen LogP contribution in [0.3, 0.4) is 0 Å². The van der Waals surface area contributed by atoms with Gasteiger partial charge in [0.1, 0.15) is 5.75 Å². The third kappa shape index (κ3) is 4.27. The summed E-state index contributed by atoms with van der Waals surface area (Å²) in [6.07, 6.45) is 0.325. The fourth-order valence-corrected chi connectivity index (χ4v) is 2.75. The van der Waals surface area contributed by atoms with Gasteiger partial charge in [0.05, 0.1) is 13.5 Å². The van der Waals surface area contributed by atoms with Gasteiger partial charge >= 0.3 is 0 Å². The molecule has 25 heavy (non-hydrogen) atoms. The van der Waals surface area contributed by atoms with Crippen molar-refractivity contribution < 1.29 is 9.53 Å². The molecule has 0 aromatic heterocycles. The molecular formula is C22H21NO2. The molecule has 3 rings (SSSR count). The first-order chi connectivity index (χ1) is 12.2. The van der Waals surface area contributed by atoms with Crippen LogP contribution in [-0.4, -0.2) is 13.0 Å². The molecule has 126 valence electrons. The molecule has 0 aliphatic rings. The van der Waals surface area contributed by atoms with Crippen LogP contribution in [0, 0.1) is 6.92 Å². The molecule has 0 saturated heterocycles. The van der Waals surface area contributed by atoms with E-state index in [0.717, 1.165) is 33.7 Å². The lowest BCUT2D eigenvalue weighted by Crippen LogP contribution is -2.15. The summed E-state index contributed by atoms with van der Waals surface area (Å²) >= 11 is 0. The minimum atomic E-state index is -0.0359. The van der Waals surface area contributed by atoms with E-state index in [2.05, 4.69) is 18.3 Å². The average Bonchev–Trinajstić information content (AvgIpc) is 2.64. The number of rotatable bonds is 5. The number of amides is 1. The van der Waals surface area contributed by atoms with Gasteiger partial charge in [-0.1, -0.05) is 54.1 Å². The van der Waals surface area contributed by atoms with Crippen LogP contribution in [-0.2, 0) is 11.2 Å². The fourth-order valence-electron chi connectivity index (χ4n) is 2.75. The van der Waals surface area contributed by atoms with Crippen LogP contribution in [0.1, 0.15) is 11.1 Å². The van der Waals surface area contributed by atoms with Gasteiger partial charge in [0.25, 0.3) is 0 Å². The number of methoxy groups -OCH3 is 1. The van der Waals surface area contributed by atoms with Crippen LogP contribution < -0.4 is 10.1 Å². The van der Waals surface area contributed by atoms with Crippen molar-refractivity contribution in [1.82, 2.24) is 0 Å². The van der Waals surface area contributed by atoms with Crippen molar-refractivity contribution in [3.63, 3.8) is 0 Å². The van der Waals surface area contributed by atoms with Gasteiger partial charge in [0, 0.05) is 11.3 Å². The third-order valence-corrected chi connectivity index (χ3v) is 4.06. The van der Waals surface area contributed by atoms with Gasteiger partial charge in [0.15, 0.2) is 0 Å². The molecule has 0 heterocycles. The molecule has 3 nitrogen and oxygen atoms in total. The van der Waals surface area contributed by atoms with E-state index in [1.807, 2.05) is 66.7 Å². The predicted octanol–water partition coefficient (Wildman–Crippen LogP) is 4.85. The summed E-state index contributed by atoms with van der Waals surface area (Å²) in [7, 11) is 1.63. The Hall–Kier alpha value is -3.07. The molecular weight excluding hydrogens is 310 g/mol. The molecule has 3 aromatic carbocycles. The molecule has 0 unspecified atom stereocenters. The van der Waals surface area contributed by atoms with Gasteiger partial charge in [-0.25, -0.2) is 0 Å². The minimum Gasteiger partial charge on any atom is -0.497 e. The first-order valence-electron chi connectivity index (χ1n) is 8.24. The van der Waals surface area contributed by atoms with Crippen molar-refractivity contribution in [2.24, 2.45) is 0 Å². The van der Waals surface area contributed by atoms with E-state index in [0.29, 0.717) is 6.42 Å². The lowest BCUT2D eigenvalue weighted by Gasteiger charge is -2.13. The highest BCUT2D eigenvalue weighted by Gasteiger charge is 2.10. The Labute approximate surface area is 148 Å². The minimum absolute atomic E-state index is 0.0359. The number of anilines is 1. The number of benzene rings is 3.